The topological polar surface area (TPSA) is 195 Å². The second-order valence-corrected chi connectivity index (χ2v) is 24.5. The number of nitrogens with one attached hydrogen (secondary N) is 3. The van der Waals surface area contributed by atoms with Gasteiger partial charge in [0.1, 0.15) is 28.7 Å². The van der Waals surface area contributed by atoms with E-state index in [9.17, 15) is 19.2 Å². The highest BCUT2D eigenvalue weighted by atomic mass is 32.1. The van der Waals surface area contributed by atoms with Gasteiger partial charge in [0.15, 0.2) is 0 Å². The Morgan fingerprint density at radius 1 is 0.587 bits per heavy atom. The Morgan fingerprint density at radius 3 is 1.38 bits per heavy atom. The monoisotopic (exact) mass is 1290 g/mol. The number of hydrazine groups is 2. The number of nitrogen functional groups attached to an aromatic ring is 1. The zero-order valence-electron chi connectivity index (χ0n) is 55.1. The molecule has 0 radical (unpaired) electrons. The molecular formula is C72H93N9O9S2. The lowest BCUT2D eigenvalue weighted by Crippen LogP contribution is -2.54. The van der Waals surface area contributed by atoms with Gasteiger partial charge in [0.25, 0.3) is 24.2 Å². The van der Waals surface area contributed by atoms with Gasteiger partial charge in [-0.1, -0.05) is 93.6 Å². The number of ether oxygens (including phenoxy) is 5. The van der Waals surface area contributed by atoms with Crippen LogP contribution in [-0.4, -0.2) is 106 Å². The Balaban J connectivity index is 0.000000256. The number of fused-ring (bicyclic) bond motifs is 2. The number of nitrogens with two attached hydrogens (primary N) is 1. The van der Waals surface area contributed by atoms with Crippen LogP contribution in [0.5, 0.6) is 17.2 Å². The summed E-state index contributed by atoms with van der Waals surface area (Å²) in [6.07, 6.45) is 5.54. The molecule has 10 rings (SSSR count). The summed E-state index contributed by atoms with van der Waals surface area (Å²) in [4.78, 5) is 61.9. The molecule has 0 saturated carbocycles. The van der Waals surface area contributed by atoms with Gasteiger partial charge in [-0.3, -0.25) is 45.3 Å². The molecule has 6 aromatic carbocycles. The number of carbonyl (C=O) groups is 4. The van der Waals surface area contributed by atoms with E-state index in [1.807, 2.05) is 63.5 Å². The van der Waals surface area contributed by atoms with E-state index in [-0.39, 0.29) is 67.3 Å². The summed E-state index contributed by atoms with van der Waals surface area (Å²) in [5.41, 5.74) is 15.2. The highest BCUT2D eigenvalue weighted by Crippen LogP contribution is 2.46. The molecule has 18 nitrogen and oxygen atoms in total. The molecule has 2 saturated heterocycles. The molecule has 5 N–H and O–H groups in total. The van der Waals surface area contributed by atoms with Gasteiger partial charge in [-0.05, 0) is 208 Å². The van der Waals surface area contributed by atoms with Crippen LogP contribution in [0.15, 0.2) is 133 Å². The third kappa shape index (κ3) is 19.2. The lowest BCUT2D eigenvalue weighted by molar-refractivity contribution is -0.120. The van der Waals surface area contributed by atoms with E-state index < -0.39 is 23.4 Å². The molecule has 3 amide bonds. The summed E-state index contributed by atoms with van der Waals surface area (Å²) in [5, 5.41) is 0. The molecule has 0 aromatic heterocycles. The Morgan fingerprint density at radius 2 is 0.989 bits per heavy atom. The van der Waals surface area contributed by atoms with E-state index in [2.05, 4.69) is 144 Å². The summed E-state index contributed by atoms with van der Waals surface area (Å²) in [5.74, 6) is 5.16. The minimum Gasteiger partial charge on any atom is -0.502 e. The van der Waals surface area contributed by atoms with Gasteiger partial charge in [0.2, 0.25) is 11.4 Å². The summed E-state index contributed by atoms with van der Waals surface area (Å²) in [6, 6.07) is 42.0. The molecular weight excluding hydrogens is 1200 g/mol. The highest BCUT2D eigenvalue weighted by Gasteiger charge is 2.54. The first-order valence-electron chi connectivity index (χ1n) is 31.0. The summed E-state index contributed by atoms with van der Waals surface area (Å²) >= 11 is 0. The van der Waals surface area contributed by atoms with Crippen molar-refractivity contribution >= 4 is 62.6 Å². The fourth-order valence-corrected chi connectivity index (χ4v) is 12.2. The second kappa shape index (κ2) is 34.2. The molecule has 20 heteroatoms. The second-order valence-electron chi connectivity index (χ2n) is 24.5. The zero-order valence-corrected chi connectivity index (χ0v) is 57.1. The van der Waals surface area contributed by atoms with Crippen LogP contribution in [0, 0.1) is 13.1 Å². The van der Waals surface area contributed by atoms with Crippen molar-refractivity contribution in [2.45, 2.75) is 163 Å². The van der Waals surface area contributed by atoms with Gasteiger partial charge in [-0.2, -0.15) is 27.0 Å². The number of amides is 3. The summed E-state index contributed by atoms with van der Waals surface area (Å²) < 4.78 is 28.7. The Bertz CT molecular complexity index is 3510. The molecule has 6 aromatic rings. The van der Waals surface area contributed by atoms with Crippen molar-refractivity contribution in [3.63, 3.8) is 0 Å². The molecule has 2 spiro atoms. The van der Waals surface area contributed by atoms with Crippen LogP contribution in [0.4, 0.5) is 11.4 Å². The molecule has 2 aliphatic carbocycles. The average Bonchev–Trinajstić information content (AvgIpc) is 1.56. The Hall–Kier alpha value is -7.76. The standard InChI is InChI=1S/C33H36N4O4.C22H25NO3.C11H13N3O2.C6H15N.2H2S/c1-22(2)41-29-14-13-26(18-28(29)34-5)31(39)36-35-30(38)25-12-11-24-15-16-33(19-27(24)17-25)21-40-32(3,4)37(33)20-23-9-7-6-8-10-23;1-21(2)23(14-17-6-4-3-5-7-17)22(15-26-21)11-10-18-8-9-20(25-16-24)12-19(18)13-22;1-7(2)16-10-5-4-8(11(15)14-12)6-9(10)13-3;1-4-7(5-2)6-3;;/h6-14,17-18,22H,15-16,19-21H2,1-4H3,(H,35,38)(H,36,39);3-9,12,16H,10-11,13-15H2,1-2H3;4-7H,12H2,1-2H3,(H,14,15);4-6H2,1-3H3;2*1H2/t33-;22-;;;;/m00..../s1. The summed E-state index contributed by atoms with van der Waals surface area (Å²) in [6.45, 7) is 44.1. The van der Waals surface area contributed by atoms with Crippen LogP contribution >= 0.6 is 27.0 Å². The zero-order chi connectivity index (χ0) is 65.2. The minimum absolute atomic E-state index is 0. The number of benzene rings is 6. The maximum atomic E-state index is 13.1. The predicted molar refractivity (Wildman–Crippen MR) is 371 cm³/mol. The number of carbonyl (C=O) groups excluding carboxylic acids is 4. The van der Waals surface area contributed by atoms with E-state index >= 15 is 0 Å². The SMILES string of the molecule is CC1(C)OC[C@@]2(CCc3ccc(OC=O)cc3C2)N1Cc1ccccc1.CCN(CC)CC.S.S.[C-]#[N+]c1cc(C(=O)NN)ccc1OC(C)C.[C-]#[N+]c1cc(C(=O)NNC(=O)c2ccc3c(c2)C[C@@]2(CC3)COC(C)(C)N2Cc2ccccc2)ccc1OC(C)C. The third-order valence-electron chi connectivity index (χ3n) is 17.0. The van der Waals surface area contributed by atoms with E-state index in [0.717, 1.165) is 63.8 Å². The van der Waals surface area contributed by atoms with Crippen molar-refractivity contribution in [1.82, 2.24) is 31.0 Å². The predicted octanol–water partition coefficient (Wildman–Crippen LogP) is 12.5. The molecule has 492 valence electrons. The van der Waals surface area contributed by atoms with E-state index in [4.69, 9.17) is 42.7 Å². The quantitative estimate of drug-likeness (QED) is 0.0235. The number of rotatable bonds is 16. The van der Waals surface area contributed by atoms with Gasteiger partial charge < -0.3 is 28.6 Å². The van der Waals surface area contributed by atoms with Gasteiger partial charge in [-0.25, -0.2) is 15.5 Å². The number of aryl methyl sites for hydroxylation is 2. The van der Waals surface area contributed by atoms with E-state index in [1.54, 1.807) is 30.3 Å². The number of nitrogens with zero attached hydrogens (tertiary/aromatic N) is 5. The van der Waals surface area contributed by atoms with Crippen LogP contribution < -0.4 is 36.3 Å². The van der Waals surface area contributed by atoms with Crippen LogP contribution in [0.2, 0.25) is 0 Å². The molecule has 0 unspecified atom stereocenters. The van der Waals surface area contributed by atoms with E-state index in [0.29, 0.717) is 47.1 Å². The molecule has 2 fully saturated rings. The maximum Gasteiger partial charge on any atom is 0.298 e. The summed E-state index contributed by atoms with van der Waals surface area (Å²) in [7, 11) is 0. The van der Waals surface area contributed by atoms with Gasteiger partial charge in [-0.15, -0.1) is 0 Å². The normalized spacial score (nSPS) is 18.0. The van der Waals surface area contributed by atoms with Gasteiger partial charge >= 0.3 is 0 Å². The highest BCUT2D eigenvalue weighted by molar-refractivity contribution is 7.59. The molecule has 0 bridgehead atoms. The maximum absolute atomic E-state index is 13.1. The van der Waals surface area contributed by atoms with Crippen molar-refractivity contribution in [3.8, 4) is 17.2 Å². The third-order valence-corrected chi connectivity index (χ3v) is 17.0. The Labute approximate surface area is 558 Å². The minimum atomic E-state index is -0.516. The fraction of sp³-hybridized carbons (Fsp3) is 0.417. The van der Waals surface area contributed by atoms with Gasteiger partial charge in [0.05, 0.1) is 49.6 Å². The first kappa shape index (κ1) is 75.0. The van der Waals surface area contributed by atoms with Crippen molar-refractivity contribution < 1.29 is 42.9 Å². The van der Waals surface area contributed by atoms with Crippen molar-refractivity contribution in [2.24, 2.45) is 5.84 Å². The molecule has 2 atom stereocenters. The Kier molecular flexibility index (Phi) is 27.9. The van der Waals surface area contributed by atoms with Crippen LogP contribution in [0.3, 0.4) is 0 Å². The first-order chi connectivity index (χ1) is 43.0. The average molecular weight is 1290 g/mol. The van der Waals surface area contributed by atoms with Crippen molar-refractivity contribution in [2.75, 3.05) is 32.8 Å². The molecule has 4 aliphatic rings. The van der Waals surface area contributed by atoms with E-state index in [1.165, 1.54) is 59.6 Å². The van der Waals surface area contributed by atoms with Crippen molar-refractivity contribution in [1.29, 1.82) is 0 Å². The van der Waals surface area contributed by atoms with Crippen LogP contribution in [0.25, 0.3) is 9.69 Å². The fourth-order valence-electron chi connectivity index (χ4n) is 12.2. The lowest BCUT2D eigenvalue weighted by Gasteiger charge is -2.45. The largest absolute Gasteiger partial charge is 0.502 e. The van der Waals surface area contributed by atoms with Gasteiger partial charge in [0, 0.05) is 29.8 Å². The molecule has 2 aliphatic heterocycles. The molecule has 2 heterocycles. The lowest BCUT2D eigenvalue weighted by atomic mass is 9.76. The smallest absolute Gasteiger partial charge is 0.298 e. The molecule has 92 heavy (non-hydrogen) atoms. The van der Waals surface area contributed by atoms with Crippen molar-refractivity contribution in [3.05, 3.63) is 206 Å². The number of hydrogen-bond donors (Lipinski definition) is 4. The van der Waals surface area contributed by atoms with Crippen LogP contribution in [-0.2, 0) is 53.0 Å². The first-order valence-corrected chi connectivity index (χ1v) is 31.0. The van der Waals surface area contributed by atoms with Crippen LogP contribution in [0.1, 0.15) is 153 Å². The number of hydrogen-bond acceptors (Lipinski definition) is 13.